The van der Waals surface area contributed by atoms with Gasteiger partial charge in [-0.05, 0) is 198 Å². The van der Waals surface area contributed by atoms with Gasteiger partial charge in [0, 0.05) is 13.2 Å². The van der Waals surface area contributed by atoms with E-state index in [4.69, 9.17) is 58.0 Å². The summed E-state index contributed by atoms with van der Waals surface area (Å²) in [6.45, 7) is 2.36. The number of rotatable bonds is 14. The van der Waals surface area contributed by atoms with Gasteiger partial charge in [0.25, 0.3) is 0 Å². The van der Waals surface area contributed by atoms with Gasteiger partial charge in [0.15, 0.2) is 33.0 Å². The predicted octanol–water partition coefficient (Wildman–Crippen LogP) is 14.6. The molecule has 22 heteroatoms. The van der Waals surface area contributed by atoms with Gasteiger partial charge in [-0.25, -0.2) is 19.2 Å². The van der Waals surface area contributed by atoms with Gasteiger partial charge in [-0.1, -0.05) is 120 Å². The number of aromatic carboxylic acids is 1. The van der Waals surface area contributed by atoms with Crippen LogP contribution in [0.2, 0.25) is 0 Å². The van der Waals surface area contributed by atoms with Crippen LogP contribution in [0.25, 0.3) is 43.1 Å². The summed E-state index contributed by atoms with van der Waals surface area (Å²) in [6, 6.07) is 42.1. The molecule has 20 nitrogen and oxygen atoms in total. The van der Waals surface area contributed by atoms with E-state index in [1.807, 2.05) is 54.6 Å². The molecule has 3 aliphatic rings. The van der Waals surface area contributed by atoms with Gasteiger partial charge in [0.1, 0.15) is 29.1 Å². The summed E-state index contributed by atoms with van der Waals surface area (Å²) in [6.07, 6.45) is 12.1. The molecule has 0 aromatic heterocycles. The predicted molar refractivity (Wildman–Crippen MR) is 380 cm³/mol. The fourth-order valence-corrected chi connectivity index (χ4v) is 8.65. The summed E-state index contributed by atoms with van der Waals surface area (Å²) >= 11 is 4.55. The van der Waals surface area contributed by atoms with Gasteiger partial charge in [-0.3, -0.25) is 0 Å². The Morgan fingerprint density at radius 1 is 0.458 bits per heavy atom. The van der Waals surface area contributed by atoms with Crippen LogP contribution in [0.5, 0.6) is 23.0 Å². The van der Waals surface area contributed by atoms with E-state index in [0.717, 1.165) is 107 Å². The molecule has 2 fully saturated rings. The smallest absolute Gasteiger partial charge is 0.870 e. The van der Waals surface area contributed by atoms with Crippen molar-refractivity contribution in [2.45, 2.75) is 123 Å². The van der Waals surface area contributed by atoms with Crippen molar-refractivity contribution in [3.63, 3.8) is 0 Å². The Bertz CT molecular complexity index is 3470. The number of hydrogen-bond acceptors (Lipinski definition) is 19. The van der Waals surface area contributed by atoms with Gasteiger partial charge in [-0.2, -0.15) is 0 Å². The first-order valence-corrected chi connectivity index (χ1v) is 28.1. The van der Waals surface area contributed by atoms with Crippen molar-refractivity contribution in [2.75, 3.05) is 67.6 Å². The number of phenols is 1. The third kappa shape index (κ3) is 32.4. The fourth-order valence-electron chi connectivity index (χ4n) is 8.65. The number of ether oxygens (including phenoxy) is 11. The van der Waals surface area contributed by atoms with Gasteiger partial charge in [0.05, 0.1) is 56.5 Å². The number of aliphatic hydroxyl groups is 2. The van der Waals surface area contributed by atoms with Crippen LogP contribution in [-0.2, 0) is 37.9 Å². The molecule has 5 N–H and O–H groups in total. The molecule has 3 heterocycles. The fraction of sp³-hybridized carbons (Fsp3) is 0.378. The molecule has 0 saturated carbocycles. The molecule has 0 bridgehead atoms. The summed E-state index contributed by atoms with van der Waals surface area (Å²) in [5, 5.41) is 41.6. The summed E-state index contributed by atoms with van der Waals surface area (Å²) < 4.78 is 57.1. The minimum absolute atomic E-state index is 0. The summed E-state index contributed by atoms with van der Waals surface area (Å²) in [5.41, 5.74) is 1.83. The van der Waals surface area contributed by atoms with Gasteiger partial charge < -0.3 is 78.0 Å². The van der Waals surface area contributed by atoms with E-state index >= 15 is 0 Å². The molecule has 2 saturated heterocycles. The minimum Gasteiger partial charge on any atom is -0.870 e. The van der Waals surface area contributed by atoms with E-state index in [-0.39, 0.29) is 163 Å². The SMILES string of the molecule is C.C.C.C.C.C.C.C.C1=COCCC1.COC(=O)c1ccc2cc(O)ccc2c1.COC(=O)c1ccc2cc(OCO)ccc2c1.COC(=O)c1ccc2cc(OCOC3CCCCO3)ccc2c1.O=C(O)c1ccc2cc(OCOC3CCCCO3)ccc2c1.OCCl.[Na+].[OH-]. The number of alkyl halides is 1. The van der Waals surface area contributed by atoms with E-state index in [2.05, 4.69) is 21.1 Å². The Balaban J connectivity index is -0.000000358. The number of carbonyl (C=O) groups is 4. The van der Waals surface area contributed by atoms with Crippen molar-refractivity contribution in [1.82, 2.24) is 0 Å². The van der Waals surface area contributed by atoms with Gasteiger partial charge in [-0.15, -0.1) is 0 Å². The quantitative estimate of drug-likeness (QED) is 0.0259. The largest absolute Gasteiger partial charge is 1.00 e. The van der Waals surface area contributed by atoms with Crippen molar-refractivity contribution in [3.8, 4) is 23.0 Å². The third-order valence-corrected chi connectivity index (χ3v) is 13.1. The van der Waals surface area contributed by atoms with Crippen LogP contribution in [0.1, 0.15) is 152 Å². The second kappa shape index (κ2) is 53.6. The molecule has 96 heavy (non-hydrogen) atoms. The first-order valence-electron chi connectivity index (χ1n) is 27.6. The van der Waals surface area contributed by atoms with Gasteiger partial charge >= 0.3 is 53.4 Å². The second-order valence-corrected chi connectivity index (χ2v) is 19.2. The molecule has 8 aromatic carbocycles. The normalized spacial score (nSPS) is 13.3. The average molecular weight is 1370 g/mol. The molecule has 0 spiro atoms. The molecule has 0 amide bonds. The number of halogens is 1. The van der Waals surface area contributed by atoms with Crippen molar-refractivity contribution in [2.24, 2.45) is 0 Å². The number of carboxylic acid groups (broad SMARTS) is 1. The number of methoxy groups -OCH3 is 3. The second-order valence-electron chi connectivity index (χ2n) is 18.9. The summed E-state index contributed by atoms with van der Waals surface area (Å²) in [5.74, 6) is 0.230. The number of aliphatic hydroxyl groups excluding tert-OH is 2. The first kappa shape index (κ1) is 97.1. The van der Waals surface area contributed by atoms with Crippen LogP contribution < -0.4 is 43.8 Å². The summed E-state index contributed by atoms with van der Waals surface area (Å²) in [7, 11) is 4.08. The van der Waals surface area contributed by atoms with Crippen LogP contribution in [0.15, 0.2) is 158 Å². The molecule has 2 unspecified atom stereocenters. The maximum atomic E-state index is 11.5. The third-order valence-electron chi connectivity index (χ3n) is 13.1. The number of phenolic OH excluding ortho intramolecular Hbond substituents is 1. The number of carbonyl (C=O) groups excluding carboxylic acids is 3. The molecule has 528 valence electrons. The monoisotopic (exact) mass is 1370 g/mol. The molecular formula is C74H104ClNaO20. The van der Waals surface area contributed by atoms with Crippen molar-refractivity contribution in [1.29, 1.82) is 0 Å². The van der Waals surface area contributed by atoms with E-state index in [1.165, 1.54) is 34.2 Å². The Labute approximate surface area is 595 Å². The average Bonchev–Trinajstić information content (AvgIpc) is 0.858. The number of fused-ring (bicyclic) bond motifs is 4. The molecule has 0 radical (unpaired) electrons. The van der Waals surface area contributed by atoms with Crippen LogP contribution >= 0.6 is 11.6 Å². The zero-order valence-corrected chi connectivity index (χ0v) is 52.3. The molecule has 11 rings (SSSR count). The van der Waals surface area contributed by atoms with E-state index < -0.39 is 5.97 Å². The van der Waals surface area contributed by atoms with Crippen LogP contribution in [-0.4, -0.2) is 130 Å². The number of allylic oxidation sites excluding steroid dienone is 1. The Kier molecular flexibility index (Phi) is 54.2. The van der Waals surface area contributed by atoms with Crippen molar-refractivity contribution >= 4 is 78.6 Å². The number of aromatic hydroxyl groups is 1. The maximum Gasteiger partial charge on any atom is 1.00 e. The zero-order valence-electron chi connectivity index (χ0n) is 49.5. The Morgan fingerprint density at radius 3 is 1.09 bits per heavy atom. The maximum absolute atomic E-state index is 11.5. The standard InChI is InChI=1S/C18H20O5.C17H18O5.C13H12O4.C12H10O3.C5H8O.CH3ClO.8CH4.Na.H2O/c1-20-18(19)15-6-5-14-11-16(8-7-13(14)10-15)22-12-23-17-4-2-3-9-21-17;18-17(19)14-5-4-13-10-15(7-6-12(13)9-14)21-11-22-16-3-1-2-8-20-16;1-16-13(15)11-3-2-10-7-12(17-8-14)5-4-9(10)6-11;1-15-12(14)10-3-2-9-7-11(13)5-4-8(9)6-10;1-2-4-6-5-3-1;2-1-3;;;;;;;;;;/h5-8,10-11,17H,2-4,9,12H2,1H3;4-7,9-10,16H,1-3,8,11H2,(H,18,19);2-7,14H,8H2,1H3;2-7,13H,1H3;2,4H,1,3,5H2;3H,1H2;8*1H4;;1H2/q;;;;;;;;;;;;;;+1;/p-1. The molecule has 2 atom stereocenters. The molecule has 8 aromatic rings. The molecule has 3 aliphatic heterocycles. The van der Waals surface area contributed by atoms with Crippen molar-refractivity contribution < 1.29 is 127 Å². The molecular weight excluding hydrogens is 1270 g/mol. The number of hydrogen-bond donors (Lipinski definition) is 4. The Hall–Kier alpha value is -7.57. The molecule has 0 aliphatic carbocycles. The van der Waals surface area contributed by atoms with Gasteiger partial charge in [0.2, 0.25) is 0 Å². The van der Waals surface area contributed by atoms with E-state index in [0.29, 0.717) is 28.2 Å². The van der Waals surface area contributed by atoms with E-state index in [1.54, 1.807) is 103 Å². The number of carboxylic acids is 1. The Morgan fingerprint density at radius 2 is 0.792 bits per heavy atom. The van der Waals surface area contributed by atoms with E-state index in [9.17, 15) is 24.3 Å². The first-order chi connectivity index (χ1) is 41.8. The topological polar surface area (TPSA) is 281 Å². The zero-order chi connectivity index (χ0) is 61.5. The summed E-state index contributed by atoms with van der Waals surface area (Å²) in [4.78, 5) is 45.1. The van der Waals surface area contributed by atoms with Crippen LogP contribution in [0.3, 0.4) is 0 Å². The van der Waals surface area contributed by atoms with Crippen molar-refractivity contribution in [3.05, 3.63) is 180 Å². The minimum atomic E-state index is -0.928. The van der Waals surface area contributed by atoms with Crippen LogP contribution in [0.4, 0.5) is 0 Å². The number of benzene rings is 8. The number of esters is 3. The van der Waals surface area contributed by atoms with Crippen LogP contribution in [0, 0.1) is 0 Å².